The van der Waals surface area contributed by atoms with Crippen molar-refractivity contribution in [2.45, 2.75) is 11.3 Å². The summed E-state index contributed by atoms with van der Waals surface area (Å²) in [6.45, 7) is 1.96. The van der Waals surface area contributed by atoms with E-state index in [0.29, 0.717) is 5.13 Å². The molecule has 1 aromatic heterocycles. The van der Waals surface area contributed by atoms with Gasteiger partial charge in [-0.2, -0.15) is 0 Å². The first-order chi connectivity index (χ1) is 5.72. The van der Waals surface area contributed by atoms with E-state index in [1.807, 2.05) is 6.92 Å². The Kier molecular flexibility index (Phi) is 3.84. The Balaban J connectivity index is 2.43. The molecule has 1 heterocycles. The Morgan fingerprint density at radius 1 is 1.75 bits per heavy atom. The minimum Gasteiger partial charge on any atom is -0.374 e. The lowest BCUT2D eigenvalue weighted by Gasteiger charge is -1.93. The van der Waals surface area contributed by atoms with E-state index in [1.165, 1.54) is 11.3 Å². The van der Waals surface area contributed by atoms with Gasteiger partial charge in [0.15, 0.2) is 4.34 Å². The molecule has 0 amide bonds. The first-order valence-corrected chi connectivity index (χ1v) is 5.44. The van der Waals surface area contributed by atoms with Crippen molar-refractivity contribution in [2.75, 3.05) is 11.5 Å². The van der Waals surface area contributed by atoms with Crippen molar-refractivity contribution in [3.63, 3.8) is 0 Å². The normalized spacial score (nSPS) is 12.0. The zero-order valence-corrected chi connectivity index (χ0v) is 8.84. The molecule has 0 saturated carbocycles. The molecule has 2 N–H and O–H groups in total. The van der Waals surface area contributed by atoms with Crippen molar-refractivity contribution in [3.8, 4) is 0 Å². The number of nitrogen functional groups attached to an aromatic ring is 1. The molecule has 0 aliphatic rings. The number of anilines is 1. The lowest BCUT2D eigenvalue weighted by molar-refractivity contribution is 1.02. The molecule has 0 aliphatic heterocycles. The maximum absolute atomic E-state index is 5.49. The van der Waals surface area contributed by atoms with E-state index in [4.69, 9.17) is 17.3 Å². The quantitative estimate of drug-likeness (QED) is 0.797. The minimum atomic E-state index is 0.505. The Morgan fingerprint density at radius 3 is 3.00 bits per heavy atom. The second-order valence-electron chi connectivity index (χ2n) is 2.15. The van der Waals surface area contributed by atoms with Gasteiger partial charge < -0.3 is 5.73 Å². The number of hydrogen-bond acceptors (Lipinski definition) is 5. The number of nitrogens with two attached hydrogens (primary N) is 1. The van der Waals surface area contributed by atoms with Crippen molar-refractivity contribution in [2.24, 2.45) is 0 Å². The molecule has 0 fully saturated rings. The van der Waals surface area contributed by atoms with Gasteiger partial charge in [-0.25, -0.2) is 0 Å². The van der Waals surface area contributed by atoms with Crippen LogP contribution in [0, 0.1) is 0 Å². The monoisotopic (exact) mass is 221 g/mol. The molecule has 0 saturated heterocycles. The molecule has 1 aromatic rings. The van der Waals surface area contributed by atoms with Gasteiger partial charge in [0.25, 0.3) is 0 Å². The minimum absolute atomic E-state index is 0.505. The molecular formula is C6H8ClN3S2. The van der Waals surface area contributed by atoms with E-state index in [2.05, 4.69) is 10.2 Å². The maximum Gasteiger partial charge on any atom is 0.203 e. The van der Waals surface area contributed by atoms with Crippen LogP contribution in [0.4, 0.5) is 5.13 Å². The third kappa shape index (κ3) is 3.00. The van der Waals surface area contributed by atoms with Crippen LogP contribution in [0.25, 0.3) is 0 Å². The molecule has 1 rings (SSSR count). The molecule has 3 nitrogen and oxygen atoms in total. The van der Waals surface area contributed by atoms with Crippen LogP contribution in [-0.2, 0) is 0 Å². The molecule has 6 heteroatoms. The van der Waals surface area contributed by atoms with Gasteiger partial charge in [0.2, 0.25) is 5.13 Å². The second kappa shape index (κ2) is 4.69. The highest BCUT2D eigenvalue weighted by molar-refractivity contribution is 8.01. The Morgan fingerprint density at radius 2 is 2.50 bits per heavy atom. The van der Waals surface area contributed by atoms with Crippen LogP contribution in [0.3, 0.4) is 0 Å². The fourth-order valence-corrected chi connectivity index (χ4v) is 2.20. The first kappa shape index (κ1) is 9.83. The van der Waals surface area contributed by atoms with Crippen LogP contribution in [0.1, 0.15) is 6.92 Å². The third-order valence-electron chi connectivity index (χ3n) is 1.03. The summed E-state index contributed by atoms with van der Waals surface area (Å²) >= 11 is 8.47. The lowest BCUT2D eigenvalue weighted by atomic mass is 10.4. The highest BCUT2D eigenvalue weighted by Gasteiger charge is 2.00. The summed E-state index contributed by atoms with van der Waals surface area (Å²) in [4.78, 5) is 0. The number of rotatable bonds is 3. The van der Waals surface area contributed by atoms with E-state index in [-0.39, 0.29) is 0 Å². The van der Waals surface area contributed by atoms with Crippen LogP contribution < -0.4 is 5.73 Å². The molecule has 12 heavy (non-hydrogen) atoms. The van der Waals surface area contributed by atoms with Gasteiger partial charge in [-0.1, -0.05) is 40.3 Å². The van der Waals surface area contributed by atoms with E-state index < -0.39 is 0 Å². The third-order valence-corrected chi connectivity index (χ3v) is 3.48. The topological polar surface area (TPSA) is 51.8 Å². The van der Waals surface area contributed by atoms with Crippen LogP contribution in [0.2, 0.25) is 0 Å². The Labute approximate surface area is 84.0 Å². The summed E-state index contributed by atoms with van der Waals surface area (Å²) in [6.07, 6.45) is 0. The standard InChI is InChI=1S/C6H8ClN3S2/c1-4(2-7)3-11-6-10-9-5(8)12-6/h2H,3H2,1H3,(H2,8,9). The number of thioether (sulfide) groups is 1. The zero-order chi connectivity index (χ0) is 8.97. The second-order valence-corrected chi connectivity index (χ2v) is 4.60. The fourth-order valence-electron chi connectivity index (χ4n) is 0.486. The van der Waals surface area contributed by atoms with Gasteiger partial charge in [-0.05, 0) is 6.92 Å². The average molecular weight is 222 g/mol. The Bertz CT molecular complexity index is 284. The van der Waals surface area contributed by atoms with Gasteiger partial charge in [0, 0.05) is 11.3 Å². The first-order valence-electron chi connectivity index (χ1n) is 3.20. The van der Waals surface area contributed by atoms with Crippen molar-refractivity contribution >= 4 is 39.8 Å². The van der Waals surface area contributed by atoms with Crippen molar-refractivity contribution in [1.29, 1.82) is 0 Å². The maximum atomic E-state index is 5.49. The summed E-state index contributed by atoms with van der Waals surface area (Å²) in [5.74, 6) is 0.831. The smallest absolute Gasteiger partial charge is 0.203 e. The highest BCUT2D eigenvalue weighted by Crippen LogP contribution is 2.25. The van der Waals surface area contributed by atoms with Crippen LogP contribution in [0.5, 0.6) is 0 Å². The largest absolute Gasteiger partial charge is 0.374 e. The van der Waals surface area contributed by atoms with E-state index in [9.17, 15) is 0 Å². The van der Waals surface area contributed by atoms with Crippen LogP contribution in [0.15, 0.2) is 15.4 Å². The van der Waals surface area contributed by atoms with Gasteiger partial charge in [-0.15, -0.1) is 10.2 Å². The summed E-state index contributed by atoms with van der Waals surface area (Å²) in [6, 6.07) is 0. The molecule has 0 spiro atoms. The summed E-state index contributed by atoms with van der Waals surface area (Å²) in [7, 11) is 0. The lowest BCUT2D eigenvalue weighted by Crippen LogP contribution is -1.80. The molecular weight excluding hydrogens is 214 g/mol. The van der Waals surface area contributed by atoms with Crippen molar-refractivity contribution < 1.29 is 0 Å². The molecule has 0 aliphatic carbocycles. The van der Waals surface area contributed by atoms with E-state index in [0.717, 1.165) is 15.7 Å². The fraction of sp³-hybridized carbons (Fsp3) is 0.333. The number of halogens is 1. The van der Waals surface area contributed by atoms with Gasteiger partial charge in [0.1, 0.15) is 0 Å². The van der Waals surface area contributed by atoms with E-state index >= 15 is 0 Å². The number of nitrogens with zero attached hydrogens (tertiary/aromatic N) is 2. The number of hydrogen-bond donors (Lipinski definition) is 1. The number of aromatic nitrogens is 2. The summed E-state index contributed by atoms with van der Waals surface area (Å²) < 4.78 is 0.880. The van der Waals surface area contributed by atoms with Crippen LogP contribution in [-0.4, -0.2) is 16.0 Å². The molecule has 0 aromatic carbocycles. The predicted octanol–water partition coefficient (Wildman–Crippen LogP) is 2.35. The average Bonchev–Trinajstić information content (AvgIpc) is 2.47. The molecule has 66 valence electrons. The zero-order valence-electron chi connectivity index (χ0n) is 6.45. The van der Waals surface area contributed by atoms with Crippen LogP contribution >= 0.6 is 34.7 Å². The molecule has 0 bridgehead atoms. The highest BCUT2D eigenvalue weighted by atomic mass is 35.5. The summed E-state index contributed by atoms with van der Waals surface area (Å²) in [5.41, 5.74) is 8.08. The van der Waals surface area contributed by atoms with Gasteiger partial charge >= 0.3 is 0 Å². The molecule has 0 atom stereocenters. The van der Waals surface area contributed by atoms with Crippen molar-refractivity contribution in [1.82, 2.24) is 10.2 Å². The molecule has 0 radical (unpaired) electrons. The SMILES string of the molecule is CC(=CCl)CSc1nnc(N)s1. The van der Waals surface area contributed by atoms with Gasteiger partial charge in [-0.3, -0.25) is 0 Å². The van der Waals surface area contributed by atoms with Gasteiger partial charge in [0.05, 0.1) is 0 Å². The summed E-state index contributed by atoms with van der Waals surface area (Å²) in [5, 5.41) is 8.06. The predicted molar refractivity (Wildman–Crippen MR) is 54.7 cm³/mol. The van der Waals surface area contributed by atoms with Crippen molar-refractivity contribution in [3.05, 3.63) is 11.1 Å². The van der Waals surface area contributed by atoms with E-state index in [1.54, 1.807) is 17.3 Å². The molecule has 0 unspecified atom stereocenters. The Hall–Kier alpha value is -0.260.